The first-order valence-corrected chi connectivity index (χ1v) is 10.5. The third-order valence-electron chi connectivity index (χ3n) is 4.83. The van der Waals surface area contributed by atoms with Crippen molar-refractivity contribution in [2.75, 3.05) is 18.0 Å². The van der Waals surface area contributed by atoms with E-state index in [-0.39, 0.29) is 5.91 Å². The van der Waals surface area contributed by atoms with Crippen LogP contribution in [0.3, 0.4) is 0 Å². The van der Waals surface area contributed by atoms with Crippen molar-refractivity contribution >= 4 is 21.6 Å². The van der Waals surface area contributed by atoms with Crippen LogP contribution in [0.2, 0.25) is 0 Å². The molecule has 1 aliphatic rings. The lowest BCUT2D eigenvalue weighted by Crippen LogP contribution is -2.39. The maximum absolute atomic E-state index is 13.8. The predicted molar refractivity (Wildman–Crippen MR) is 107 cm³/mol. The first kappa shape index (κ1) is 19.2. The molecule has 2 heterocycles. The molecule has 148 valence electrons. The van der Waals surface area contributed by atoms with Crippen LogP contribution in [0, 0.1) is 5.82 Å². The Labute approximate surface area is 168 Å². The van der Waals surface area contributed by atoms with Gasteiger partial charge in [0.25, 0.3) is 0 Å². The van der Waals surface area contributed by atoms with Gasteiger partial charge in [0.1, 0.15) is 10.7 Å². The minimum atomic E-state index is -4.11. The van der Waals surface area contributed by atoms with Crippen LogP contribution in [-0.4, -0.2) is 32.4 Å². The number of nitrogens with one attached hydrogen (secondary N) is 1. The fourth-order valence-corrected chi connectivity index (χ4v) is 4.43. The normalized spacial score (nSPS) is 13.3. The molecule has 0 spiro atoms. The largest absolute Gasteiger partial charge is 0.311 e. The maximum atomic E-state index is 13.8. The second kappa shape index (κ2) is 7.73. The third kappa shape index (κ3) is 3.90. The molecule has 1 amide bonds. The molecule has 0 aliphatic carbocycles. The number of rotatable bonds is 5. The molecular weight excluding hydrogens is 393 g/mol. The number of carbonyl (C=O) groups is 1. The van der Waals surface area contributed by atoms with Crippen molar-refractivity contribution < 1.29 is 17.6 Å². The van der Waals surface area contributed by atoms with Crippen molar-refractivity contribution in [2.45, 2.75) is 11.3 Å². The molecule has 0 unspecified atom stereocenters. The number of carbonyl (C=O) groups excluding carboxylic acids is 1. The van der Waals surface area contributed by atoms with Crippen molar-refractivity contribution in [1.29, 1.82) is 0 Å². The van der Waals surface area contributed by atoms with Crippen LogP contribution in [-0.2, 0) is 21.2 Å². The summed E-state index contributed by atoms with van der Waals surface area (Å²) in [6.45, 7) is 0.0254. The molecule has 1 N–H and O–H groups in total. The number of hydrogen-bond donors (Lipinski definition) is 1. The smallest absolute Gasteiger partial charge is 0.243 e. The fourth-order valence-electron chi connectivity index (χ4n) is 3.38. The lowest BCUT2D eigenvalue weighted by atomic mass is 10.0. The number of anilines is 1. The Morgan fingerprint density at radius 1 is 1.07 bits per heavy atom. The molecule has 0 atom stereocenters. The number of aromatic nitrogens is 1. The van der Waals surface area contributed by atoms with E-state index in [2.05, 4.69) is 9.71 Å². The van der Waals surface area contributed by atoms with Gasteiger partial charge >= 0.3 is 0 Å². The van der Waals surface area contributed by atoms with Crippen LogP contribution in [0.25, 0.3) is 11.1 Å². The monoisotopic (exact) mass is 411 g/mol. The van der Waals surface area contributed by atoms with Crippen LogP contribution in [0.1, 0.15) is 5.56 Å². The van der Waals surface area contributed by atoms with E-state index in [1.807, 2.05) is 30.3 Å². The number of hydrogen-bond acceptors (Lipinski definition) is 4. The molecule has 1 aromatic heterocycles. The molecular formula is C21H18FN3O3S. The molecule has 0 bridgehead atoms. The summed E-state index contributed by atoms with van der Waals surface area (Å²) in [5.74, 6) is -1.25. The quantitative estimate of drug-likeness (QED) is 0.700. The van der Waals surface area contributed by atoms with Crippen molar-refractivity contribution in [1.82, 2.24) is 9.71 Å². The standard InChI is InChI=1S/C21H18FN3O3S/c22-18-3-1-2-4-20(18)29(27,28)24-14-21(26)25-12-9-17-13-16(5-6-19(17)25)15-7-10-23-11-8-15/h1-8,10-11,13,24H,9,12,14H2. The average molecular weight is 411 g/mol. The molecule has 6 nitrogen and oxygen atoms in total. The van der Waals surface area contributed by atoms with E-state index in [9.17, 15) is 17.6 Å². The fraction of sp³-hybridized carbons (Fsp3) is 0.143. The van der Waals surface area contributed by atoms with Gasteiger partial charge in [0.05, 0.1) is 6.54 Å². The first-order chi connectivity index (χ1) is 14.0. The van der Waals surface area contributed by atoms with E-state index >= 15 is 0 Å². The SMILES string of the molecule is O=C(CNS(=O)(=O)c1ccccc1F)N1CCc2cc(-c3ccncc3)ccc21. The number of nitrogens with zero attached hydrogens (tertiary/aromatic N) is 2. The molecule has 8 heteroatoms. The minimum Gasteiger partial charge on any atom is -0.311 e. The number of fused-ring (bicyclic) bond motifs is 1. The molecule has 0 fully saturated rings. The summed E-state index contributed by atoms with van der Waals surface area (Å²) in [6.07, 6.45) is 4.13. The van der Waals surface area contributed by atoms with Crippen molar-refractivity contribution in [3.63, 3.8) is 0 Å². The van der Waals surface area contributed by atoms with Crippen molar-refractivity contribution in [2.24, 2.45) is 0 Å². The zero-order valence-corrected chi connectivity index (χ0v) is 16.2. The number of sulfonamides is 1. The molecule has 0 saturated heterocycles. The van der Waals surface area contributed by atoms with E-state index in [1.165, 1.54) is 12.1 Å². The lowest BCUT2D eigenvalue weighted by molar-refractivity contribution is -0.117. The van der Waals surface area contributed by atoms with E-state index in [0.29, 0.717) is 13.0 Å². The Kier molecular flexibility index (Phi) is 5.12. The van der Waals surface area contributed by atoms with Gasteiger partial charge in [-0.15, -0.1) is 0 Å². The summed E-state index contributed by atoms with van der Waals surface area (Å²) < 4.78 is 40.5. The lowest BCUT2D eigenvalue weighted by Gasteiger charge is -2.18. The number of amides is 1. The highest BCUT2D eigenvalue weighted by Gasteiger charge is 2.27. The Balaban J connectivity index is 1.49. The van der Waals surface area contributed by atoms with E-state index in [4.69, 9.17) is 0 Å². The highest BCUT2D eigenvalue weighted by atomic mass is 32.2. The van der Waals surface area contributed by atoms with Gasteiger partial charge in [-0.2, -0.15) is 0 Å². The first-order valence-electron chi connectivity index (χ1n) is 9.03. The van der Waals surface area contributed by atoms with Gasteiger partial charge in [0.2, 0.25) is 15.9 Å². The third-order valence-corrected chi connectivity index (χ3v) is 6.26. The minimum absolute atomic E-state index is 0.389. The van der Waals surface area contributed by atoms with Gasteiger partial charge in [-0.1, -0.05) is 18.2 Å². The Morgan fingerprint density at radius 2 is 1.83 bits per heavy atom. The zero-order valence-electron chi connectivity index (χ0n) is 15.4. The van der Waals surface area contributed by atoms with Crippen molar-refractivity contribution in [3.8, 4) is 11.1 Å². The summed E-state index contributed by atoms with van der Waals surface area (Å²) in [5.41, 5.74) is 3.84. The van der Waals surface area contributed by atoms with Crippen molar-refractivity contribution in [3.05, 3.63) is 78.4 Å². The topological polar surface area (TPSA) is 79.4 Å². The highest BCUT2D eigenvalue weighted by Crippen LogP contribution is 2.32. The van der Waals surface area contributed by atoms with Crippen LogP contribution >= 0.6 is 0 Å². The van der Waals surface area contributed by atoms with Crippen LogP contribution in [0.4, 0.5) is 10.1 Å². The number of halogens is 1. The number of benzene rings is 2. The van der Waals surface area contributed by atoms with Gasteiger partial charge in [0.15, 0.2) is 0 Å². The maximum Gasteiger partial charge on any atom is 0.243 e. The van der Waals surface area contributed by atoms with Gasteiger partial charge in [0, 0.05) is 24.6 Å². The van der Waals surface area contributed by atoms with Gasteiger partial charge in [-0.3, -0.25) is 9.78 Å². The molecule has 2 aromatic carbocycles. The Hall–Kier alpha value is -3.10. The van der Waals surface area contributed by atoms with E-state index in [1.54, 1.807) is 17.3 Å². The van der Waals surface area contributed by atoms with Crippen LogP contribution in [0.5, 0.6) is 0 Å². The average Bonchev–Trinajstić information content (AvgIpc) is 3.16. The van der Waals surface area contributed by atoms with Crippen LogP contribution in [0.15, 0.2) is 71.9 Å². The van der Waals surface area contributed by atoms with Crippen LogP contribution < -0.4 is 9.62 Å². The molecule has 29 heavy (non-hydrogen) atoms. The van der Waals surface area contributed by atoms with Gasteiger partial charge in [-0.25, -0.2) is 17.5 Å². The van der Waals surface area contributed by atoms with Gasteiger partial charge < -0.3 is 4.90 Å². The second-order valence-electron chi connectivity index (χ2n) is 6.63. The van der Waals surface area contributed by atoms with Gasteiger partial charge in [-0.05, 0) is 59.5 Å². The zero-order chi connectivity index (χ0) is 20.4. The second-order valence-corrected chi connectivity index (χ2v) is 8.37. The summed E-state index contributed by atoms with van der Waals surface area (Å²) in [6, 6.07) is 14.7. The summed E-state index contributed by atoms with van der Waals surface area (Å²) in [7, 11) is -4.11. The molecule has 0 radical (unpaired) electrons. The predicted octanol–water partition coefficient (Wildman–Crippen LogP) is 2.76. The van der Waals surface area contributed by atoms with E-state index in [0.717, 1.165) is 34.5 Å². The summed E-state index contributed by atoms with van der Waals surface area (Å²) >= 11 is 0. The number of pyridine rings is 1. The Morgan fingerprint density at radius 3 is 2.59 bits per heavy atom. The molecule has 3 aromatic rings. The Bertz CT molecular complexity index is 1170. The molecule has 4 rings (SSSR count). The molecule has 0 saturated carbocycles. The van der Waals surface area contributed by atoms with E-state index < -0.39 is 27.3 Å². The highest BCUT2D eigenvalue weighted by molar-refractivity contribution is 7.89. The summed E-state index contributed by atoms with van der Waals surface area (Å²) in [4.78, 5) is 17.7. The summed E-state index contributed by atoms with van der Waals surface area (Å²) in [5, 5.41) is 0. The molecule has 1 aliphatic heterocycles.